The van der Waals surface area contributed by atoms with Crippen LogP contribution in [-0.4, -0.2) is 59.3 Å². The Morgan fingerprint density at radius 2 is 1.78 bits per heavy atom. The maximum Gasteiger partial charge on any atom is 0.416 e. The summed E-state index contributed by atoms with van der Waals surface area (Å²) in [6.45, 7) is 2.49. The van der Waals surface area contributed by atoms with Crippen LogP contribution >= 0.6 is 0 Å². The summed E-state index contributed by atoms with van der Waals surface area (Å²) in [7, 11) is 0. The molecule has 3 N–H and O–H groups in total. The highest BCUT2D eigenvalue weighted by atomic mass is 19.4. The van der Waals surface area contributed by atoms with E-state index in [0.717, 1.165) is 43.5 Å². The van der Waals surface area contributed by atoms with Gasteiger partial charge in [-0.05, 0) is 56.0 Å². The molecule has 11 heteroatoms. The summed E-state index contributed by atoms with van der Waals surface area (Å²) >= 11 is 0. The van der Waals surface area contributed by atoms with E-state index in [1.807, 2.05) is 17.0 Å². The van der Waals surface area contributed by atoms with Crippen LogP contribution in [0.3, 0.4) is 0 Å². The summed E-state index contributed by atoms with van der Waals surface area (Å²) in [5, 5.41) is 8.37. The molecule has 8 nitrogen and oxygen atoms in total. The van der Waals surface area contributed by atoms with Crippen LogP contribution in [0.5, 0.6) is 0 Å². The molecule has 3 amide bonds. The van der Waals surface area contributed by atoms with Gasteiger partial charge in [-0.2, -0.15) is 13.2 Å². The highest BCUT2D eigenvalue weighted by Crippen LogP contribution is 2.35. The van der Waals surface area contributed by atoms with Crippen molar-refractivity contribution in [3.05, 3.63) is 59.4 Å². The molecule has 1 saturated heterocycles. The van der Waals surface area contributed by atoms with Gasteiger partial charge in [0, 0.05) is 43.2 Å². The maximum absolute atomic E-state index is 13.2. The molecule has 1 aliphatic heterocycles. The maximum atomic E-state index is 13.2. The van der Waals surface area contributed by atoms with Gasteiger partial charge in [0.25, 0.3) is 5.91 Å². The number of rotatable bonds is 7. The molecular formula is C26H30F3N5O3. The molecule has 1 saturated carbocycles. The Hall–Kier alpha value is -3.47. The average Bonchev–Trinajstić information content (AvgIpc) is 2.84. The Kier molecular flexibility index (Phi) is 8.11. The number of carbonyl (C=O) groups is 3. The van der Waals surface area contributed by atoms with E-state index in [1.165, 1.54) is 19.1 Å². The van der Waals surface area contributed by atoms with Crippen molar-refractivity contribution in [1.29, 1.82) is 0 Å². The Bertz CT molecular complexity index is 1130. The third-order valence-electron chi connectivity index (χ3n) is 6.91. The second-order valence-electron chi connectivity index (χ2n) is 9.53. The molecule has 1 aromatic heterocycles. The van der Waals surface area contributed by atoms with Crippen molar-refractivity contribution in [2.24, 2.45) is 0 Å². The Morgan fingerprint density at radius 3 is 2.35 bits per heavy atom. The lowest BCUT2D eigenvalue weighted by atomic mass is 9.82. The van der Waals surface area contributed by atoms with Gasteiger partial charge in [0.15, 0.2) is 0 Å². The van der Waals surface area contributed by atoms with Crippen LogP contribution in [0.25, 0.3) is 0 Å². The fraction of sp³-hybridized carbons (Fsp3) is 0.462. The zero-order chi connectivity index (χ0) is 26.6. The first-order valence-electron chi connectivity index (χ1n) is 12.3. The fourth-order valence-corrected chi connectivity index (χ4v) is 4.94. The third kappa shape index (κ3) is 6.65. The lowest BCUT2D eigenvalue weighted by Gasteiger charge is -2.45. The predicted octanol–water partition coefficient (Wildman–Crippen LogP) is 3.32. The highest BCUT2D eigenvalue weighted by molar-refractivity contribution is 5.96. The Morgan fingerprint density at radius 1 is 1.05 bits per heavy atom. The van der Waals surface area contributed by atoms with E-state index < -0.39 is 17.6 Å². The van der Waals surface area contributed by atoms with Crippen LogP contribution in [-0.2, 0) is 15.8 Å². The number of aromatic nitrogens is 1. The van der Waals surface area contributed by atoms with Crippen molar-refractivity contribution < 1.29 is 27.6 Å². The number of hydrogen-bond acceptors (Lipinski definition) is 5. The van der Waals surface area contributed by atoms with Crippen LogP contribution < -0.4 is 16.0 Å². The first-order valence-corrected chi connectivity index (χ1v) is 12.3. The number of nitrogens with zero attached hydrogens (tertiary/aromatic N) is 2. The van der Waals surface area contributed by atoms with Crippen LogP contribution in [0.2, 0.25) is 0 Å². The topological polar surface area (TPSA) is 103 Å². The van der Waals surface area contributed by atoms with Gasteiger partial charge in [-0.1, -0.05) is 6.07 Å². The van der Waals surface area contributed by atoms with E-state index in [1.54, 1.807) is 6.20 Å². The second-order valence-corrected chi connectivity index (χ2v) is 9.53. The minimum Gasteiger partial charge on any atom is -0.343 e. The zero-order valence-corrected chi connectivity index (χ0v) is 20.5. The SMILES string of the molecule is CC(=O)Nc1ccc(C2CCC(N(C(=O)CNC(=O)c3cccc(C(F)(F)F)c3)C3CNC3)CC2)nc1. The number of nitrogens with one attached hydrogen (secondary N) is 3. The van der Waals surface area contributed by atoms with Crippen molar-refractivity contribution in [3.63, 3.8) is 0 Å². The molecule has 0 unspecified atom stereocenters. The molecule has 37 heavy (non-hydrogen) atoms. The van der Waals surface area contributed by atoms with Crippen LogP contribution in [0.4, 0.5) is 18.9 Å². The number of halogens is 3. The van der Waals surface area contributed by atoms with Crippen molar-refractivity contribution in [3.8, 4) is 0 Å². The Balaban J connectivity index is 1.34. The minimum absolute atomic E-state index is 0.0139. The summed E-state index contributed by atoms with van der Waals surface area (Å²) in [5.41, 5.74) is 0.539. The molecule has 1 aromatic carbocycles. The standard InChI is InChI=1S/C26H30F3N5O3/c1-16(35)33-20-7-10-23(31-12-20)17-5-8-21(9-6-17)34(22-13-30-14-22)24(36)15-32-25(37)18-3-2-4-19(11-18)26(27,28)29/h2-4,7,10-12,17,21-22,30H,5-6,8-9,13-15H2,1H3,(H,32,37)(H,33,35). The predicted molar refractivity (Wildman–Crippen MR) is 131 cm³/mol. The molecule has 1 aliphatic carbocycles. The van der Waals surface area contributed by atoms with E-state index in [0.29, 0.717) is 18.8 Å². The van der Waals surface area contributed by atoms with Crippen LogP contribution in [0, 0.1) is 0 Å². The molecule has 2 heterocycles. The summed E-state index contributed by atoms with van der Waals surface area (Å²) in [6.07, 6.45) is 0.344. The first kappa shape index (κ1) is 26.6. The van der Waals surface area contributed by atoms with Crippen molar-refractivity contribution in [1.82, 2.24) is 20.5 Å². The van der Waals surface area contributed by atoms with Gasteiger partial charge in [-0.3, -0.25) is 19.4 Å². The number of carbonyl (C=O) groups excluding carboxylic acids is 3. The van der Waals surface area contributed by atoms with Crippen LogP contribution in [0.15, 0.2) is 42.6 Å². The van der Waals surface area contributed by atoms with Gasteiger partial charge in [0.2, 0.25) is 11.8 Å². The monoisotopic (exact) mass is 517 g/mol. The number of benzene rings is 1. The highest BCUT2D eigenvalue weighted by Gasteiger charge is 2.37. The van der Waals surface area contributed by atoms with Gasteiger partial charge in [0.1, 0.15) is 0 Å². The van der Waals surface area contributed by atoms with E-state index in [4.69, 9.17) is 0 Å². The van der Waals surface area contributed by atoms with Crippen molar-refractivity contribution >= 4 is 23.4 Å². The van der Waals surface area contributed by atoms with E-state index in [9.17, 15) is 27.6 Å². The average molecular weight is 518 g/mol. The number of anilines is 1. The summed E-state index contributed by atoms with van der Waals surface area (Å²) in [5.74, 6) is -0.868. The normalized spacial score (nSPS) is 20.0. The summed E-state index contributed by atoms with van der Waals surface area (Å²) in [6, 6.07) is 7.93. The second kappa shape index (κ2) is 11.3. The largest absolute Gasteiger partial charge is 0.416 e. The third-order valence-corrected chi connectivity index (χ3v) is 6.91. The lowest BCUT2D eigenvalue weighted by molar-refractivity contribution is -0.138. The number of pyridine rings is 1. The zero-order valence-electron chi connectivity index (χ0n) is 20.5. The minimum atomic E-state index is -4.55. The first-order chi connectivity index (χ1) is 17.6. The Labute approximate surface area is 213 Å². The van der Waals surface area contributed by atoms with Crippen LogP contribution in [0.1, 0.15) is 60.1 Å². The summed E-state index contributed by atoms with van der Waals surface area (Å²) < 4.78 is 38.9. The number of amides is 3. The molecule has 2 aromatic rings. The van der Waals surface area contributed by atoms with Crippen molar-refractivity contribution in [2.45, 2.75) is 56.8 Å². The van der Waals surface area contributed by atoms with Gasteiger partial charge < -0.3 is 20.9 Å². The van der Waals surface area contributed by atoms with Gasteiger partial charge >= 0.3 is 6.18 Å². The molecule has 0 atom stereocenters. The van der Waals surface area contributed by atoms with Gasteiger partial charge in [0.05, 0.1) is 30.0 Å². The smallest absolute Gasteiger partial charge is 0.343 e. The molecular weight excluding hydrogens is 487 g/mol. The van der Waals surface area contributed by atoms with Crippen molar-refractivity contribution in [2.75, 3.05) is 25.0 Å². The molecule has 2 aliphatic rings. The lowest BCUT2D eigenvalue weighted by Crippen LogP contribution is -2.63. The van der Waals surface area contributed by atoms with Gasteiger partial charge in [-0.15, -0.1) is 0 Å². The summed E-state index contributed by atoms with van der Waals surface area (Å²) in [4.78, 5) is 43.2. The van der Waals surface area contributed by atoms with Gasteiger partial charge in [-0.25, -0.2) is 0 Å². The van der Waals surface area contributed by atoms with E-state index in [-0.39, 0.29) is 41.9 Å². The molecule has 0 bridgehead atoms. The molecule has 0 spiro atoms. The molecule has 198 valence electrons. The molecule has 2 fully saturated rings. The van der Waals surface area contributed by atoms with E-state index >= 15 is 0 Å². The molecule has 4 rings (SSSR count). The fourth-order valence-electron chi connectivity index (χ4n) is 4.94. The molecule has 0 radical (unpaired) electrons. The number of hydrogen-bond donors (Lipinski definition) is 3. The number of alkyl halides is 3. The quantitative estimate of drug-likeness (QED) is 0.523. The van der Waals surface area contributed by atoms with E-state index in [2.05, 4.69) is 20.9 Å².